The molecular weight excluding hydrogens is 204 g/mol. The van der Waals surface area contributed by atoms with Crippen LogP contribution in [0.2, 0.25) is 0 Å². The van der Waals surface area contributed by atoms with Crippen LogP contribution in [0, 0.1) is 0 Å². The molecular formula is C10H14N6. The second-order valence-electron chi connectivity index (χ2n) is 3.46. The fourth-order valence-electron chi connectivity index (χ4n) is 1.36. The van der Waals surface area contributed by atoms with Crippen LogP contribution >= 0.6 is 0 Å². The van der Waals surface area contributed by atoms with Crippen molar-refractivity contribution in [1.82, 2.24) is 24.7 Å². The summed E-state index contributed by atoms with van der Waals surface area (Å²) in [5, 5.41) is 4.06. The summed E-state index contributed by atoms with van der Waals surface area (Å²) in [6.45, 7) is 2.12. The number of rotatable bonds is 4. The quantitative estimate of drug-likeness (QED) is 0.827. The highest BCUT2D eigenvalue weighted by molar-refractivity contribution is 5.22. The summed E-state index contributed by atoms with van der Waals surface area (Å²) in [4.78, 5) is 12.4. The standard InChI is InChI=1S/C10H14N6/c1-2-3-5-8-13-9(11)15-10(14-8)16-7-4-6-12-16/h4,6-7H,2-3,5H2,1H3,(H2,11,13,14,15). The molecule has 0 saturated carbocycles. The first-order valence-corrected chi connectivity index (χ1v) is 5.30. The smallest absolute Gasteiger partial charge is 0.255 e. The topological polar surface area (TPSA) is 82.5 Å². The molecule has 0 aliphatic carbocycles. The summed E-state index contributed by atoms with van der Waals surface area (Å²) >= 11 is 0. The van der Waals surface area contributed by atoms with Crippen molar-refractivity contribution in [2.75, 3.05) is 5.73 Å². The predicted molar refractivity (Wildman–Crippen MR) is 60.0 cm³/mol. The van der Waals surface area contributed by atoms with Gasteiger partial charge in [-0.2, -0.15) is 20.1 Å². The lowest BCUT2D eigenvalue weighted by atomic mass is 10.2. The number of hydrogen-bond acceptors (Lipinski definition) is 5. The summed E-state index contributed by atoms with van der Waals surface area (Å²) in [5.74, 6) is 1.44. The van der Waals surface area contributed by atoms with E-state index in [0.717, 1.165) is 25.1 Å². The van der Waals surface area contributed by atoms with E-state index in [2.05, 4.69) is 27.0 Å². The molecule has 0 amide bonds. The second-order valence-corrected chi connectivity index (χ2v) is 3.46. The molecule has 0 saturated heterocycles. The summed E-state index contributed by atoms with van der Waals surface area (Å²) < 4.78 is 1.58. The monoisotopic (exact) mass is 218 g/mol. The number of aromatic nitrogens is 5. The fraction of sp³-hybridized carbons (Fsp3) is 0.400. The van der Waals surface area contributed by atoms with Gasteiger partial charge in [0.2, 0.25) is 5.95 Å². The van der Waals surface area contributed by atoms with Gasteiger partial charge in [0.1, 0.15) is 5.82 Å². The van der Waals surface area contributed by atoms with Crippen molar-refractivity contribution in [3.63, 3.8) is 0 Å². The lowest BCUT2D eigenvalue weighted by molar-refractivity contribution is 0.721. The molecule has 0 radical (unpaired) electrons. The first-order chi connectivity index (χ1) is 7.79. The largest absolute Gasteiger partial charge is 0.368 e. The van der Waals surface area contributed by atoms with E-state index in [1.165, 1.54) is 0 Å². The molecule has 2 rings (SSSR count). The normalized spacial score (nSPS) is 10.6. The van der Waals surface area contributed by atoms with Gasteiger partial charge in [0.15, 0.2) is 0 Å². The van der Waals surface area contributed by atoms with Gasteiger partial charge >= 0.3 is 0 Å². The molecule has 84 valence electrons. The predicted octanol–water partition coefficient (Wildman–Crippen LogP) is 0.982. The van der Waals surface area contributed by atoms with Crippen LogP contribution in [0.3, 0.4) is 0 Å². The SMILES string of the molecule is CCCCc1nc(N)nc(-n2cccn2)n1. The third kappa shape index (κ3) is 2.33. The fourth-order valence-corrected chi connectivity index (χ4v) is 1.36. The third-order valence-corrected chi connectivity index (χ3v) is 2.15. The minimum atomic E-state index is 0.242. The molecule has 16 heavy (non-hydrogen) atoms. The van der Waals surface area contributed by atoms with E-state index in [1.807, 2.05) is 6.07 Å². The van der Waals surface area contributed by atoms with Gasteiger partial charge in [0.25, 0.3) is 5.95 Å². The Morgan fingerprint density at radius 3 is 2.88 bits per heavy atom. The molecule has 0 aromatic carbocycles. The minimum Gasteiger partial charge on any atom is -0.368 e. The summed E-state index contributed by atoms with van der Waals surface area (Å²) in [7, 11) is 0. The summed E-state index contributed by atoms with van der Waals surface area (Å²) in [6, 6.07) is 1.81. The number of hydrogen-bond donors (Lipinski definition) is 1. The van der Waals surface area contributed by atoms with Crippen LogP contribution < -0.4 is 5.73 Å². The molecule has 6 nitrogen and oxygen atoms in total. The maximum atomic E-state index is 5.63. The molecule has 0 bridgehead atoms. The van der Waals surface area contributed by atoms with Crippen molar-refractivity contribution in [3.05, 3.63) is 24.3 Å². The Morgan fingerprint density at radius 1 is 1.31 bits per heavy atom. The number of nitrogens with zero attached hydrogens (tertiary/aromatic N) is 5. The zero-order chi connectivity index (χ0) is 11.4. The van der Waals surface area contributed by atoms with E-state index in [-0.39, 0.29) is 5.95 Å². The van der Waals surface area contributed by atoms with Crippen LogP contribution in [-0.2, 0) is 6.42 Å². The lowest BCUT2D eigenvalue weighted by Gasteiger charge is -2.03. The number of nitrogens with two attached hydrogens (primary N) is 1. The molecule has 0 unspecified atom stereocenters. The van der Waals surface area contributed by atoms with Crippen LogP contribution in [0.25, 0.3) is 5.95 Å². The molecule has 2 aromatic rings. The summed E-state index contributed by atoms with van der Waals surface area (Å²) in [6.07, 6.45) is 6.41. The van der Waals surface area contributed by atoms with Crippen LogP contribution in [-0.4, -0.2) is 24.7 Å². The maximum absolute atomic E-state index is 5.63. The Kier molecular flexibility index (Phi) is 3.09. The van der Waals surface area contributed by atoms with E-state index < -0.39 is 0 Å². The average molecular weight is 218 g/mol. The molecule has 2 N–H and O–H groups in total. The molecule has 6 heteroatoms. The summed E-state index contributed by atoms with van der Waals surface area (Å²) in [5.41, 5.74) is 5.63. The first kappa shape index (κ1) is 10.5. The molecule has 0 aliphatic heterocycles. The van der Waals surface area contributed by atoms with Crippen molar-refractivity contribution in [2.45, 2.75) is 26.2 Å². The van der Waals surface area contributed by atoms with Gasteiger partial charge in [-0.3, -0.25) is 0 Å². The average Bonchev–Trinajstić information content (AvgIpc) is 2.79. The van der Waals surface area contributed by atoms with Crippen molar-refractivity contribution in [3.8, 4) is 5.95 Å². The molecule has 0 fully saturated rings. The molecule has 2 aromatic heterocycles. The third-order valence-electron chi connectivity index (χ3n) is 2.15. The van der Waals surface area contributed by atoms with Crippen molar-refractivity contribution < 1.29 is 0 Å². The first-order valence-electron chi connectivity index (χ1n) is 5.30. The van der Waals surface area contributed by atoms with Crippen LogP contribution in [0.1, 0.15) is 25.6 Å². The van der Waals surface area contributed by atoms with Gasteiger partial charge in [0, 0.05) is 18.8 Å². The molecule has 2 heterocycles. The zero-order valence-corrected chi connectivity index (χ0v) is 9.17. The van der Waals surface area contributed by atoms with Gasteiger partial charge in [-0.05, 0) is 12.5 Å². The highest BCUT2D eigenvalue weighted by Gasteiger charge is 2.05. The maximum Gasteiger partial charge on any atom is 0.255 e. The zero-order valence-electron chi connectivity index (χ0n) is 9.17. The number of nitrogen functional groups attached to an aromatic ring is 1. The second kappa shape index (κ2) is 4.69. The van der Waals surface area contributed by atoms with Gasteiger partial charge in [-0.1, -0.05) is 13.3 Å². The van der Waals surface area contributed by atoms with Crippen LogP contribution in [0.4, 0.5) is 5.95 Å². The van der Waals surface area contributed by atoms with Crippen molar-refractivity contribution in [2.24, 2.45) is 0 Å². The van der Waals surface area contributed by atoms with Crippen molar-refractivity contribution in [1.29, 1.82) is 0 Å². The van der Waals surface area contributed by atoms with E-state index in [4.69, 9.17) is 5.73 Å². The van der Waals surface area contributed by atoms with Gasteiger partial charge in [-0.15, -0.1) is 0 Å². The van der Waals surface area contributed by atoms with E-state index in [0.29, 0.717) is 5.95 Å². The number of aryl methyl sites for hydroxylation is 1. The Morgan fingerprint density at radius 2 is 2.19 bits per heavy atom. The Labute approximate surface area is 93.6 Å². The highest BCUT2D eigenvalue weighted by atomic mass is 15.4. The van der Waals surface area contributed by atoms with E-state index in [1.54, 1.807) is 17.1 Å². The Hall–Kier alpha value is -1.98. The number of anilines is 1. The van der Waals surface area contributed by atoms with Gasteiger partial charge in [-0.25, -0.2) is 4.68 Å². The van der Waals surface area contributed by atoms with E-state index in [9.17, 15) is 0 Å². The van der Waals surface area contributed by atoms with E-state index >= 15 is 0 Å². The highest BCUT2D eigenvalue weighted by Crippen LogP contribution is 2.05. The van der Waals surface area contributed by atoms with Gasteiger partial charge in [0.05, 0.1) is 0 Å². The van der Waals surface area contributed by atoms with Gasteiger partial charge < -0.3 is 5.73 Å². The molecule has 0 spiro atoms. The molecule has 0 aliphatic rings. The number of unbranched alkanes of at least 4 members (excludes halogenated alkanes) is 1. The van der Waals surface area contributed by atoms with Crippen LogP contribution in [0.5, 0.6) is 0 Å². The van der Waals surface area contributed by atoms with Crippen molar-refractivity contribution >= 4 is 5.95 Å². The molecule has 0 atom stereocenters. The minimum absolute atomic E-state index is 0.242. The Balaban J connectivity index is 2.29. The Bertz CT molecular complexity index is 450. The lowest BCUT2D eigenvalue weighted by Crippen LogP contribution is -2.09. The van der Waals surface area contributed by atoms with Crippen LogP contribution in [0.15, 0.2) is 18.5 Å².